The summed E-state index contributed by atoms with van der Waals surface area (Å²) in [5.74, 6) is 0. The highest BCUT2D eigenvalue weighted by molar-refractivity contribution is 5.16. The molecule has 0 aliphatic heterocycles. The third kappa shape index (κ3) is 1.43. The van der Waals surface area contributed by atoms with Crippen LogP contribution in [0.3, 0.4) is 0 Å². The Morgan fingerprint density at radius 2 is 2.25 bits per heavy atom. The van der Waals surface area contributed by atoms with E-state index in [0.29, 0.717) is 6.54 Å². The molecule has 0 aliphatic rings. The molecule has 0 spiro atoms. The van der Waals surface area contributed by atoms with Crippen molar-refractivity contribution >= 4 is 0 Å². The van der Waals surface area contributed by atoms with Crippen LogP contribution in [0.15, 0.2) is 4.79 Å². The van der Waals surface area contributed by atoms with Crippen LogP contribution >= 0.6 is 0 Å². The standard InChI is InChI=1S/C8H15N3O/c1-4-7-6(5-9-2)8(12)11(3)10-7/h9-10H,4-5H2,1-3H3. The van der Waals surface area contributed by atoms with Gasteiger partial charge in [0, 0.05) is 19.3 Å². The number of nitrogens with zero attached hydrogens (tertiary/aromatic N) is 1. The van der Waals surface area contributed by atoms with Crippen LogP contribution in [-0.2, 0) is 20.0 Å². The number of aromatic nitrogens is 2. The molecule has 0 saturated carbocycles. The summed E-state index contributed by atoms with van der Waals surface area (Å²) < 4.78 is 1.52. The molecule has 0 unspecified atom stereocenters. The fourth-order valence-corrected chi connectivity index (χ4v) is 1.30. The molecule has 0 fully saturated rings. The van der Waals surface area contributed by atoms with E-state index >= 15 is 0 Å². The molecule has 68 valence electrons. The summed E-state index contributed by atoms with van der Waals surface area (Å²) in [6, 6.07) is 0. The maximum absolute atomic E-state index is 11.4. The number of hydrogen-bond donors (Lipinski definition) is 2. The molecule has 0 bridgehead atoms. The molecule has 1 aromatic heterocycles. The number of nitrogens with one attached hydrogen (secondary N) is 2. The Morgan fingerprint density at radius 1 is 1.58 bits per heavy atom. The quantitative estimate of drug-likeness (QED) is 0.669. The van der Waals surface area contributed by atoms with Crippen molar-refractivity contribution in [3.8, 4) is 0 Å². The predicted octanol–water partition coefficient (Wildman–Crippen LogP) is -0.00480. The molecule has 0 saturated heterocycles. The zero-order valence-electron chi connectivity index (χ0n) is 7.77. The highest BCUT2D eigenvalue weighted by Gasteiger charge is 2.08. The van der Waals surface area contributed by atoms with E-state index in [1.54, 1.807) is 7.05 Å². The Kier molecular flexibility index (Phi) is 2.70. The molecule has 0 radical (unpaired) electrons. The number of hydrogen-bond acceptors (Lipinski definition) is 2. The van der Waals surface area contributed by atoms with Crippen LogP contribution in [0.2, 0.25) is 0 Å². The fourth-order valence-electron chi connectivity index (χ4n) is 1.30. The Morgan fingerprint density at radius 3 is 2.75 bits per heavy atom. The molecule has 12 heavy (non-hydrogen) atoms. The summed E-state index contributed by atoms with van der Waals surface area (Å²) in [5, 5.41) is 5.99. The van der Waals surface area contributed by atoms with Crippen molar-refractivity contribution in [2.75, 3.05) is 7.05 Å². The van der Waals surface area contributed by atoms with Gasteiger partial charge in [-0.2, -0.15) is 0 Å². The summed E-state index contributed by atoms with van der Waals surface area (Å²) in [4.78, 5) is 11.4. The van der Waals surface area contributed by atoms with Crippen LogP contribution in [0.4, 0.5) is 0 Å². The van der Waals surface area contributed by atoms with Crippen molar-refractivity contribution in [2.24, 2.45) is 7.05 Å². The van der Waals surface area contributed by atoms with E-state index < -0.39 is 0 Å². The van der Waals surface area contributed by atoms with Gasteiger partial charge in [-0.1, -0.05) is 6.92 Å². The Hall–Kier alpha value is -1.03. The van der Waals surface area contributed by atoms with E-state index in [4.69, 9.17) is 0 Å². The molecule has 4 nitrogen and oxygen atoms in total. The van der Waals surface area contributed by atoms with Gasteiger partial charge in [0.1, 0.15) is 0 Å². The highest BCUT2D eigenvalue weighted by atomic mass is 16.1. The van der Waals surface area contributed by atoms with E-state index in [2.05, 4.69) is 10.4 Å². The molecular formula is C8H15N3O. The second-order valence-electron chi connectivity index (χ2n) is 2.82. The average Bonchev–Trinajstić information content (AvgIpc) is 2.33. The first kappa shape index (κ1) is 9.06. The summed E-state index contributed by atoms with van der Waals surface area (Å²) >= 11 is 0. The molecule has 1 aromatic rings. The summed E-state index contributed by atoms with van der Waals surface area (Å²) in [7, 11) is 3.58. The zero-order chi connectivity index (χ0) is 9.14. The van der Waals surface area contributed by atoms with Crippen LogP contribution < -0.4 is 10.9 Å². The predicted molar refractivity (Wildman–Crippen MR) is 48.2 cm³/mol. The normalized spacial score (nSPS) is 10.6. The smallest absolute Gasteiger partial charge is 0.270 e. The minimum absolute atomic E-state index is 0.0706. The zero-order valence-corrected chi connectivity index (χ0v) is 7.77. The lowest BCUT2D eigenvalue weighted by atomic mass is 10.2. The van der Waals surface area contributed by atoms with Gasteiger partial charge in [0.05, 0.1) is 5.56 Å². The number of aryl methyl sites for hydroxylation is 2. The van der Waals surface area contributed by atoms with Gasteiger partial charge in [0.2, 0.25) is 0 Å². The van der Waals surface area contributed by atoms with Crippen LogP contribution in [0.5, 0.6) is 0 Å². The van der Waals surface area contributed by atoms with Crippen molar-refractivity contribution in [1.82, 2.24) is 15.1 Å². The molecule has 0 atom stereocenters. The van der Waals surface area contributed by atoms with Gasteiger partial charge >= 0.3 is 0 Å². The van der Waals surface area contributed by atoms with Crippen molar-refractivity contribution in [3.63, 3.8) is 0 Å². The number of H-pyrrole nitrogens is 1. The fraction of sp³-hybridized carbons (Fsp3) is 0.625. The Labute approximate surface area is 71.6 Å². The van der Waals surface area contributed by atoms with E-state index in [0.717, 1.165) is 17.7 Å². The van der Waals surface area contributed by atoms with Crippen LogP contribution in [0, 0.1) is 0 Å². The SMILES string of the molecule is CCc1[nH]n(C)c(=O)c1CNC. The first-order valence-corrected chi connectivity index (χ1v) is 4.12. The van der Waals surface area contributed by atoms with Crippen molar-refractivity contribution in [3.05, 3.63) is 21.6 Å². The van der Waals surface area contributed by atoms with Gasteiger partial charge in [0.25, 0.3) is 5.56 Å². The maximum atomic E-state index is 11.4. The third-order valence-electron chi connectivity index (χ3n) is 1.94. The number of aromatic amines is 1. The van der Waals surface area contributed by atoms with E-state index in [-0.39, 0.29) is 5.56 Å². The first-order valence-electron chi connectivity index (χ1n) is 4.12. The second-order valence-corrected chi connectivity index (χ2v) is 2.82. The molecular weight excluding hydrogens is 154 g/mol. The summed E-state index contributed by atoms with van der Waals surface area (Å²) in [6.45, 7) is 2.67. The minimum atomic E-state index is 0.0706. The maximum Gasteiger partial charge on any atom is 0.270 e. The van der Waals surface area contributed by atoms with Gasteiger partial charge < -0.3 is 5.32 Å². The molecule has 2 N–H and O–H groups in total. The lowest BCUT2D eigenvalue weighted by Crippen LogP contribution is -2.19. The monoisotopic (exact) mass is 169 g/mol. The van der Waals surface area contributed by atoms with E-state index in [1.165, 1.54) is 4.68 Å². The van der Waals surface area contributed by atoms with Gasteiger partial charge in [-0.05, 0) is 13.5 Å². The number of rotatable bonds is 3. The van der Waals surface area contributed by atoms with Crippen molar-refractivity contribution < 1.29 is 0 Å². The van der Waals surface area contributed by atoms with Gasteiger partial charge in [-0.3, -0.25) is 14.6 Å². The van der Waals surface area contributed by atoms with Crippen LogP contribution in [0.1, 0.15) is 18.2 Å². The molecule has 4 heteroatoms. The van der Waals surface area contributed by atoms with Crippen molar-refractivity contribution in [2.45, 2.75) is 19.9 Å². The van der Waals surface area contributed by atoms with E-state index in [9.17, 15) is 4.79 Å². The molecule has 0 aromatic carbocycles. The Bertz CT molecular complexity index is 311. The van der Waals surface area contributed by atoms with Gasteiger partial charge in [0.15, 0.2) is 0 Å². The first-order chi connectivity index (χ1) is 5.70. The topological polar surface area (TPSA) is 49.8 Å². The van der Waals surface area contributed by atoms with Crippen LogP contribution in [0.25, 0.3) is 0 Å². The second kappa shape index (κ2) is 3.58. The molecule has 0 aliphatic carbocycles. The lowest BCUT2D eigenvalue weighted by Gasteiger charge is -1.96. The minimum Gasteiger partial charge on any atom is -0.315 e. The van der Waals surface area contributed by atoms with Gasteiger partial charge in [-0.15, -0.1) is 0 Å². The molecule has 1 rings (SSSR count). The van der Waals surface area contributed by atoms with Crippen molar-refractivity contribution in [1.29, 1.82) is 0 Å². The molecule has 0 amide bonds. The molecule has 1 heterocycles. The van der Waals surface area contributed by atoms with Gasteiger partial charge in [-0.25, -0.2) is 0 Å². The summed E-state index contributed by atoms with van der Waals surface area (Å²) in [5.41, 5.74) is 1.94. The van der Waals surface area contributed by atoms with Crippen LogP contribution in [-0.4, -0.2) is 16.8 Å². The third-order valence-corrected chi connectivity index (χ3v) is 1.94. The summed E-state index contributed by atoms with van der Waals surface area (Å²) in [6.07, 6.45) is 0.868. The highest BCUT2D eigenvalue weighted by Crippen LogP contribution is 2.00. The lowest BCUT2D eigenvalue weighted by molar-refractivity contribution is 0.721. The largest absolute Gasteiger partial charge is 0.315 e. The van der Waals surface area contributed by atoms with E-state index in [1.807, 2.05) is 14.0 Å². The Balaban J connectivity index is 3.12. The average molecular weight is 169 g/mol.